The summed E-state index contributed by atoms with van der Waals surface area (Å²) in [5.41, 5.74) is 3.81. The number of aromatic nitrogens is 2. The summed E-state index contributed by atoms with van der Waals surface area (Å²) in [6.07, 6.45) is 3.93. The predicted molar refractivity (Wildman–Crippen MR) is 128 cm³/mol. The lowest BCUT2D eigenvalue weighted by Crippen LogP contribution is -2.12. The van der Waals surface area contributed by atoms with Crippen molar-refractivity contribution in [2.45, 2.75) is 59.8 Å². The molecule has 0 aliphatic rings. The average Bonchev–Trinajstić information content (AvgIpc) is 2.66. The van der Waals surface area contributed by atoms with E-state index < -0.39 is 0 Å². The molecule has 2 aromatic heterocycles. The van der Waals surface area contributed by atoms with Gasteiger partial charge in [0.25, 0.3) is 0 Å². The maximum Gasteiger partial charge on any atom is 0.0702 e. The number of fused-ring (bicyclic) bond motifs is 2. The van der Waals surface area contributed by atoms with Gasteiger partial charge in [-0.15, -0.1) is 0 Å². The Hall–Kier alpha value is -2.74. The fraction of sp³-hybridized carbons (Fsp3) is 0.333. The van der Waals surface area contributed by atoms with Gasteiger partial charge in [0, 0.05) is 34.3 Å². The number of para-hydroxylation sites is 1. The normalized spacial score (nSPS) is 11.5. The Kier molecular flexibility index (Phi) is 6.79. The predicted octanol–water partition coefficient (Wildman–Crippen LogP) is 7.70. The molecule has 0 saturated carbocycles. The van der Waals surface area contributed by atoms with Crippen LogP contribution in [-0.4, -0.2) is 9.97 Å². The highest BCUT2D eigenvalue weighted by Crippen LogP contribution is 2.24. The van der Waals surface area contributed by atoms with E-state index in [4.69, 9.17) is 0 Å². The summed E-state index contributed by atoms with van der Waals surface area (Å²) in [4.78, 5) is 8.93. The maximum absolute atomic E-state index is 4.48. The minimum atomic E-state index is 0. The van der Waals surface area contributed by atoms with Crippen LogP contribution < -0.4 is 0 Å². The molecule has 2 nitrogen and oxygen atoms in total. The molecular weight excluding hydrogens is 352 g/mol. The SMILES string of the molecule is C.CC(C)(C)c1cc2ccccc2cn1.CC(C)(C)c1cnc2ccccc2c1. The summed E-state index contributed by atoms with van der Waals surface area (Å²) in [5, 5.41) is 3.70. The van der Waals surface area contributed by atoms with Crippen LogP contribution in [0.3, 0.4) is 0 Å². The fourth-order valence-corrected chi connectivity index (χ4v) is 2.97. The Morgan fingerprint density at radius 2 is 1.17 bits per heavy atom. The van der Waals surface area contributed by atoms with Gasteiger partial charge in [0.05, 0.1) is 5.52 Å². The minimum Gasteiger partial charge on any atom is -0.260 e. The standard InChI is InChI=1S/2C13H15N.CH4/c1-13(2,3)11-8-10-6-4-5-7-12(10)14-9-11;1-13(2,3)12-8-10-6-4-5-7-11(10)9-14-12;/h2*4-9H,1-3H3;1H4. The van der Waals surface area contributed by atoms with E-state index in [1.54, 1.807) is 0 Å². The van der Waals surface area contributed by atoms with E-state index in [1.165, 1.54) is 21.7 Å². The Balaban J connectivity index is 0.000000200. The molecule has 152 valence electrons. The molecule has 0 N–H and O–H groups in total. The molecule has 2 heteroatoms. The lowest BCUT2D eigenvalue weighted by atomic mass is 9.88. The van der Waals surface area contributed by atoms with Gasteiger partial charge in [-0.05, 0) is 34.6 Å². The van der Waals surface area contributed by atoms with Gasteiger partial charge in [0.1, 0.15) is 0 Å². The van der Waals surface area contributed by atoms with Crippen LogP contribution in [0.4, 0.5) is 0 Å². The molecule has 0 fully saturated rings. The molecule has 0 aliphatic carbocycles. The number of hydrogen-bond donors (Lipinski definition) is 0. The molecule has 0 spiro atoms. The van der Waals surface area contributed by atoms with Crippen molar-refractivity contribution in [1.82, 2.24) is 9.97 Å². The first-order valence-electron chi connectivity index (χ1n) is 9.85. The van der Waals surface area contributed by atoms with Crippen molar-refractivity contribution in [2.75, 3.05) is 0 Å². The number of hydrogen-bond acceptors (Lipinski definition) is 2. The minimum absolute atomic E-state index is 0. The van der Waals surface area contributed by atoms with E-state index in [1.807, 2.05) is 30.6 Å². The van der Waals surface area contributed by atoms with Gasteiger partial charge >= 0.3 is 0 Å². The Morgan fingerprint density at radius 3 is 1.79 bits per heavy atom. The van der Waals surface area contributed by atoms with Crippen LogP contribution in [0.5, 0.6) is 0 Å². The highest BCUT2D eigenvalue weighted by molar-refractivity contribution is 5.82. The van der Waals surface area contributed by atoms with Crippen molar-refractivity contribution < 1.29 is 0 Å². The first-order valence-corrected chi connectivity index (χ1v) is 9.85. The van der Waals surface area contributed by atoms with Gasteiger partial charge < -0.3 is 0 Å². The Bertz CT molecular complexity index is 993. The molecule has 4 rings (SSSR count). The molecule has 0 radical (unpaired) electrons. The average molecular weight is 387 g/mol. The van der Waals surface area contributed by atoms with Crippen LogP contribution in [-0.2, 0) is 10.8 Å². The summed E-state index contributed by atoms with van der Waals surface area (Å²) in [7, 11) is 0. The quantitative estimate of drug-likeness (QED) is 0.309. The topological polar surface area (TPSA) is 25.8 Å². The van der Waals surface area contributed by atoms with Gasteiger partial charge in [0.15, 0.2) is 0 Å². The van der Waals surface area contributed by atoms with Crippen molar-refractivity contribution in [1.29, 1.82) is 0 Å². The van der Waals surface area contributed by atoms with Gasteiger partial charge in [-0.3, -0.25) is 9.97 Å². The van der Waals surface area contributed by atoms with E-state index in [-0.39, 0.29) is 18.3 Å². The Labute approximate surface area is 176 Å². The molecule has 0 bridgehead atoms. The second-order valence-corrected chi connectivity index (χ2v) is 9.33. The zero-order chi connectivity index (χ0) is 20.4. The summed E-state index contributed by atoms with van der Waals surface area (Å²) >= 11 is 0. The van der Waals surface area contributed by atoms with Crippen molar-refractivity contribution in [2.24, 2.45) is 0 Å². The number of rotatable bonds is 0. The summed E-state index contributed by atoms with van der Waals surface area (Å²) < 4.78 is 0. The molecular formula is C27H34N2. The lowest BCUT2D eigenvalue weighted by Gasteiger charge is -2.18. The largest absolute Gasteiger partial charge is 0.260 e. The molecule has 0 amide bonds. The van der Waals surface area contributed by atoms with Crippen LogP contribution in [0.25, 0.3) is 21.7 Å². The zero-order valence-electron chi connectivity index (χ0n) is 17.8. The van der Waals surface area contributed by atoms with Crippen LogP contribution in [0, 0.1) is 0 Å². The third-order valence-electron chi connectivity index (χ3n) is 4.86. The van der Waals surface area contributed by atoms with E-state index in [0.717, 1.165) is 11.2 Å². The second kappa shape index (κ2) is 8.73. The molecule has 2 aromatic carbocycles. The molecule has 0 aliphatic heterocycles. The Morgan fingerprint density at radius 1 is 0.586 bits per heavy atom. The monoisotopic (exact) mass is 386 g/mol. The maximum atomic E-state index is 4.48. The van der Waals surface area contributed by atoms with Crippen LogP contribution in [0.2, 0.25) is 0 Å². The summed E-state index contributed by atoms with van der Waals surface area (Å²) in [6.45, 7) is 13.2. The molecule has 4 aromatic rings. The van der Waals surface area contributed by atoms with E-state index in [9.17, 15) is 0 Å². The lowest BCUT2D eigenvalue weighted by molar-refractivity contribution is 0.570. The van der Waals surface area contributed by atoms with Gasteiger partial charge in [-0.1, -0.05) is 91.4 Å². The smallest absolute Gasteiger partial charge is 0.0702 e. The van der Waals surface area contributed by atoms with Crippen LogP contribution in [0.1, 0.15) is 60.2 Å². The van der Waals surface area contributed by atoms with Crippen molar-refractivity contribution in [3.05, 3.63) is 84.3 Å². The third kappa shape index (κ3) is 5.63. The first kappa shape index (κ1) is 22.5. The molecule has 0 saturated heterocycles. The molecule has 2 heterocycles. The van der Waals surface area contributed by atoms with Crippen molar-refractivity contribution in [3.8, 4) is 0 Å². The molecule has 0 unspecified atom stereocenters. The van der Waals surface area contributed by atoms with E-state index >= 15 is 0 Å². The van der Waals surface area contributed by atoms with Crippen LogP contribution in [0.15, 0.2) is 73.1 Å². The highest BCUT2D eigenvalue weighted by Gasteiger charge is 2.15. The number of nitrogens with zero attached hydrogens (tertiary/aromatic N) is 2. The van der Waals surface area contributed by atoms with Crippen LogP contribution >= 0.6 is 0 Å². The third-order valence-corrected chi connectivity index (χ3v) is 4.86. The van der Waals surface area contributed by atoms with Gasteiger partial charge in [0.2, 0.25) is 0 Å². The zero-order valence-corrected chi connectivity index (χ0v) is 17.8. The number of pyridine rings is 2. The highest BCUT2D eigenvalue weighted by atomic mass is 14.7. The number of benzene rings is 2. The summed E-state index contributed by atoms with van der Waals surface area (Å²) in [5.74, 6) is 0. The first-order chi connectivity index (χ1) is 13.1. The second-order valence-electron chi connectivity index (χ2n) is 9.33. The van der Waals surface area contributed by atoms with Crippen molar-refractivity contribution >= 4 is 21.7 Å². The van der Waals surface area contributed by atoms with Gasteiger partial charge in [-0.2, -0.15) is 0 Å². The van der Waals surface area contributed by atoms with E-state index in [2.05, 4.69) is 94.0 Å². The molecule has 29 heavy (non-hydrogen) atoms. The summed E-state index contributed by atoms with van der Waals surface area (Å²) in [6, 6.07) is 21.0. The van der Waals surface area contributed by atoms with E-state index in [0.29, 0.717) is 0 Å². The van der Waals surface area contributed by atoms with Gasteiger partial charge in [-0.25, -0.2) is 0 Å². The molecule has 0 atom stereocenters. The van der Waals surface area contributed by atoms with Crippen molar-refractivity contribution in [3.63, 3.8) is 0 Å². The fourth-order valence-electron chi connectivity index (χ4n) is 2.97.